The number of halogens is 2. The number of carboxylic acids is 1. The number of benzene rings is 1. The first kappa shape index (κ1) is 19.6. The molecule has 0 aliphatic heterocycles. The zero-order valence-corrected chi connectivity index (χ0v) is 14.9. The zero-order valence-electron chi connectivity index (χ0n) is 13.3. The summed E-state index contributed by atoms with van der Waals surface area (Å²) >= 11 is 3.14. The number of carbonyl (C=O) groups is 2. The molecule has 1 unspecified atom stereocenters. The molecule has 1 amide bonds. The van der Waals surface area contributed by atoms with Crippen molar-refractivity contribution >= 4 is 27.8 Å². The van der Waals surface area contributed by atoms with Crippen LogP contribution in [-0.2, 0) is 16.0 Å². The maximum Gasteiger partial charge on any atom is 0.303 e. The highest BCUT2D eigenvalue weighted by atomic mass is 79.9. The summed E-state index contributed by atoms with van der Waals surface area (Å²) in [5, 5.41) is 11.4. The van der Waals surface area contributed by atoms with Crippen LogP contribution in [0, 0.1) is 11.7 Å². The van der Waals surface area contributed by atoms with E-state index in [1.54, 1.807) is 12.1 Å². The molecule has 0 radical (unpaired) electrons. The van der Waals surface area contributed by atoms with Gasteiger partial charge >= 0.3 is 5.97 Å². The molecule has 0 spiro atoms. The van der Waals surface area contributed by atoms with E-state index in [-0.39, 0.29) is 24.1 Å². The Kier molecular flexibility index (Phi) is 8.84. The van der Waals surface area contributed by atoms with Gasteiger partial charge in [-0.25, -0.2) is 4.39 Å². The molecule has 0 fully saturated rings. The lowest BCUT2D eigenvalue weighted by Gasteiger charge is -2.12. The van der Waals surface area contributed by atoms with E-state index in [0.29, 0.717) is 23.9 Å². The monoisotopic (exact) mass is 387 g/mol. The maximum absolute atomic E-state index is 13.2. The number of nitrogens with one attached hydrogen (secondary N) is 1. The van der Waals surface area contributed by atoms with Gasteiger partial charge in [-0.2, -0.15) is 0 Å². The Bertz CT molecular complexity index is 537. The van der Waals surface area contributed by atoms with Gasteiger partial charge in [0.05, 0.1) is 4.47 Å². The van der Waals surface area contributed by atoms with Crippen LogP contribution in [-0.4, -0.2) is 23.5 Å². The van der Waals surface area contributed by atoms with Crippen molar-refractivity contribution in [3.8, 4) is 0 Å². The molecule has 128 valence electrons. The molecule has 0 heterocycles. The quantitative estimate of drug-likeness (QED) is 0.597. The van der Waals surface area contributed by atoms with Crippen molar-refractivity contribution < 1.29 is 19.1 Å². The summed E-state index contributed by atoms with van der Waals surface area (Å²) < 4.78 is 13.6. The Morgan fingerprint density at radius 2 is 1.96 bits per heavy atom. The molecule has 1 atom stereocenters. The number of carbonyl (C=O) groups excluding carboxylic acids is 1. The van der Waals surface area contributed by atoms with Gasteiger partial charge in [-0.05, 0) is 52.9 Å². The fraction of sp³-hybridized carbons (Fsp3) is 0.529. The van der Waals surface area contributed by atoms with Crippen LogP contribution in [0.3, 0.4) is 0 Å². The van der Waals surface area contributed by atoms with Gasteiger partial charge in [-0.1, -0.05) is 25.8 Å². The minimum absolute atomic E-state index is 0.0176. The molecule has 1 aromatic carbocycles. The highest BCUT2D eigenvalue weighted by Gasteiger charge is 2.13. The zero-order chi connectivity index (χ0) is 17.2. The molecule has 0 aliphatic rings. The predicted octanol–water partition coefficient (Wildman–Crippen LogP) is 3.92. The first-order valence-electron chi connectivity index (χ1n) is 7.83. The van der Waals surface area contributed by atoms with Crippen LogP contribution in [0.4, 0.5) is 4.39 Å². The van der Waals surface area contributed by atoms with E-state index in [2.05, 4.69) is 21.2 Å². The molecule has 4 nitrogen and oxygen atoms in total. The van der Waals surface area contributed by atoms with Crippen LogP contribution >= 0.6 is 15.9 Å². The number of amides is 1. The molecule has 1 aromatic rings. The van der Waals surface area contributed by atoms with Crippen molar-refractivity contribution in [2.75, 3.05) is 6.54 Å². The molecule has 2 N–H and O–H groups in total. The van der Waals surface area contributed by atoms with Crippen molar-refractivity contribution in [1.29, 1.82) is 0 Å². The number of rotatable bonds is 10. The molecule has 0 aliphatic carbocycles. The summed E-state index contributed by atoms with van der Waals surface area (Å²) in [6, 6.07) is 4.77. The van der Waals surface area contributed by atoms with Crippen LogP contribution in [0.15, 0.2) is 22.7 Å². The SMILES string of the molecule is CC(Cc1ccc(F)c(Br)c1)C(=O)NCCCCCCC(=O)O. The summed E-state index contributed by atoms with van der Waals surface area (Å²) in [5.41, 5.74) is 0.912. The van der Waals surface area contributed by atoms with Crippen molar-refractivity contribution in [2.24, 2.45) is 5.92 Å². The first-order valence-corrected chi connectivity index (χ1v) is 8.63. The van der Waals surface area contributed by atoms with Crippen molar-refractivity contribution in [3.05, 3.63) is 34.1 Å². The van der Waals surface area contributed by atoms with Crippen LogP contribution in [0.25, 0.3) is 0 Å². The van der Waals surface area contributed by atoms with Crippen LogP contribution in [0.1, 0.15) is 44.6 Å². The van der Waals surface area contributed by atoms with Gasteiger partial charge in [0.25, 0.3) is 0 Å². The lowest BCUT2D eigenvalue weighted by Crippen LogP contribution is -2.31. The Labute approximate surface area is 144 Å². The highest BCUT2D eigenvalue weighted by Crippen LogP contribution is 2.19. The summed E-state index contributed by atoms with van der Waals surface area (Å²) in [7, 11) is 0. The number of hydrogen-bond donors (Lipinski definition) is 2. The van der Waals surface area contributed by atoms with E-state index in [4.69, 9.17) is 5.11 Å². The first-order chi connectivity index (χ1) is 10.9. The van der Waals surface area contributed by atoms with E-state index in [0.717, 1.165) is 24.8 Å². The Morgan fingerprint density at radius 3 is 2.61 bits per heavy atom. The molecule has 0 saturated carbocycles. The molecule has 0 saturated heterocycles. The van der Waals surface area contributed by atoms with Crippen LogP contribution in [0.5, 0.6) is 0 Å². The Balaban J connectivity index is 2.21. The fourth-order valence-corrected chi connectivity index (χ4v) is 2.68. The van der Waals surface area contributed by atoms with E-state index < -0.39 is 5.97 Å². The second kappa shape index (κ2) is 10.4. The van der Waals surface area contributed by atoms with E-state index in [1.165, 1.54) is 6.07 Å². The largest absolute Gasteiger partial charge is 0.481 e. The molecule has 0 aromatic heterocycles. The second-order valence-electron chi connectivity index (χ2n) is 5.70. The highest BCUT2D eigenvalue weighted by molar-refractivity contribution is 9.10. The number of unbranched alkanes of at least 4 members (excludes halogenated alkanes) is 3. The van der Waals surface area contributed by atoms with E-state index >= 15 is 0 Å². The van der Waals surface area contributed by atoms with Gasteiger partial charge in [0, 0.05) is 18.9 Å². The lowest BCUT2D eigenvalue weighted by atomic mass is 10.0. The molecule has 6 heteroatoms. The van der Waals surface area contributed by atoms with Gasteiger partial charge in [-0.15, -0.1) is 0 Å². The number of aliphatic carboxylic acids is 1. The number of hydrogen-bond acceptors (Lipinski definition) is 2. The fourth-order valence-electron chi connectivity index (χ4n) is 2.25. The van der Waals surface area contributed by atoms with Crippen LogP contribution < -0.4 is 5.32 Å². The summed E-state index contributed by atoms with van der Waals surface area (Å²) in [4.78, 5) is 22.4. The van der Waals surface area contributed by atoms with Gasteiger partial charge in [-0.3, -0.25) is 9.59 Å². The molecular formula is C17H23BrFNO3. The summed E-state index contributed by atoms with van der Waals surface area (Å²) in [6.45, 7) is 2.45. The van der Waals surface area contributed by atoms with Crippen molar-refractivity contribution in [3.63, 3.8) is 0 Å². The van der Waals surface area contributed by atoms with Crippen molar-refractivity contribution in [1.82, 2.24) is 5.32 Å². The maximum atomic E-state index is 13.2. The Morgan fingerprint density at radius 1 is 1.26 bits per heavy atom. The van der Waals surface area contributed by atoms with Gasteiger partial charge < -0.3 is 10.4 Å². The van der Waals surface area contributed by atoms with E-state index in [1.807, 2.05) is 6.92 Å². The van der Waals surface area contributed by atoms with Gasteiger partial charge in [0.1, 0.15) is 5.82 Å². The van der Waals surface area contributed by atoms with Gasteiger partial charge in [0.15, 0.2) is 0 Å². The normalized spacial score (nSPS) is 12.0. The summed E-state index contributed by atoms with van der Waals surface area (Å²) in [5.74, 6) is -1.27. The standard InChI is InChI=1S/C17H23BrFNO3/c1-12(10-13-7-8-15(19)14(18)11-13)17(23)20-9-5-3-2-4-6-16(21)22/h7-8,11-12H,2-6,9-10H2,1H3,(H,20,23)(H,21,22). The average Bonchev–Trinajstić information content (AvgIpc) is 2.49. The van der Waals surface area contributed by atoms with Crippen molar-refractivity contribution in [2.45, 2.75) is 45.4 Å². The molecular weight excluding hydrogens is 365 g/mol. The molecule has 23 heavy (non-hydrogen) atoms. The third kappa shape index (κ3) is 8.11. The van der Waals surface area contributed by atoms with Crippen LogP contribution in [0.2, 0.25) is 0 Å². The molecule has 1 rings (SSSR count). The third-order valence-corrected chi connectivity index (χ3v) is 4.20. The smallest absolute Gasteiger partial charge is 0.303 e. The van der Waals surface area contributed by atoms with Gasteiger partial charge in [0.2, 0.25) is 5.91 Å². The lowest BCUT2D eigenvalue weighted by molar-refractivity contribution is -0.137. The minimum atomic E-state index is -0.764. The Hall–Kier alpha value is -1.43. The average molecular weight is 388 g/mol. The number of carboxylic acid groups (broad SMARTS) is 1. The van der Waals surface area contributed by atoms with E-state index in [9.17, 15) is 14.0 Å². The molecule has 0 bridgehead atoms. The topological polar surface area (TPSA) is 66.4 Å². The second-order valence-corrected chi connectivity index (χ2v) is 6.56. The summed E-state index contributed by atoms with van der Waals surface area (Å²) in [6.07, 6.45) is 4.06. The predicted molar refractivity (Wildman–Crippen MR) is 90.7 cm³/mol. The minimum Gasteiger partial charge on any atom is -0.481 e. The third-order valence-electron chi connectivity index (χ3n) is 3.59.